The zero-order valence-corrected chi connectivity index (χ0v) is 10.5. The van der Waals surface area contributed by atoms with Gasteiger partial charge in [-0.3, -0.25) is 4.79 Å². The summed E-state index contributed by atoms with van der Waals surface area (Å²) in [6, 6.07) is 5.93. The Labute approximate surface area is 107 Å². The van der Waals surface area contributed by atoms with Crippen LogP contribution in [-0.4, -0.2) is 28.3 Å². The van der Waals surface area contributed by atoms with Gasteiger partial charge in [-0.2, -0.15) is 0 Å². The van der Waals surface area contributed by atoms with Gasteiger partial charge in [0.15, 0.2) is 0 Å². The molecule has 0 radical (unpaired) electrons. The summed E-state index contributed by atoms with van der Waals surface area (Å²) in [6.07, 6.45) is 2.31. The van der Waals surface area contributed by atoms with Crippen molar-refractivity contribution in [2.75, 3.05) is 0 Å². The van der Waals surface area contributed by atoms with Gasteiger partial charge in [0.05, 0.1) is 12.1 Å². The Kier molecular flexibility index (Phi) is 3.87. The molecule has 0 aromatic heterocycles. The second-order valence-electron chi connectivity index (χ2n) is 5.02. The third-order valence-electron chi connectivity index (χ3n) is 3.61. The molecule has 4 nitrogen and oxygen atoms in total. The van der Waals surface area contributed by atoms with Gasteiger partial charge in [-0.1, -0.05) is 13.3 Å². The van der Waals surface area contributed by atoms with Crippen molar-refractivity contribution < 1.29 is 15.0 Å². The van der Waals surface area contributed by atoms with Crippen LogP contribution >= 0.6 is 0 Å². The summed E-state index contributed by atoms with van der Waals surface area (Å²) in [5.41, 5.74) is 0.498. The summed E-state index contributed by atoms with van der Waals surface area (Å²) in [4.78, 5) is 12.0. The molecule has 1 aliphatic rings. The normalized spacial score (nSPS) is 27.8. The Morgan fingerprint density at radius 2 is 1.94 bits per heavy atom. The van der Waals surface area contributed by atoms with E-state index in [0.29, 0.717) is 5.56 Å². The van der Waals surface area contributed by atoms with Crippen LogP contribution in [0, 0.1) is 5.92 Å². The highest BCUT2D eigenvalue weighted by atomic mass is 16.3. The average Bonchev–Trinajstić information content (AvgIpc) is 2.34. The molecule has 1 amide bonds. The minimum Gasteiger partial charge on any atom is -0.508 e. The van der Waals surface area contributed by atoms with E-state index in [9.17, 15) is 15.0 Å². The summed E-state index contributed by atoms with van der Waals surface area (Å²) in [7, 11) is 0. The standard InChI is InChI=1S/C14H19NO3/c1-9-3-2-4-12(17)13(9)15-14(18)10-5-7-11(16)8-6-10/h5-9,12-13,16-17H,2-4H2,1H3,(H,15,18)/t9-,12-,13?/m0/s1. The molecule has 98 valence electrons. The zero-order valence-electron chi connectivity index (χ0n) is 10.5. The summed E-state index contributed by atoms with van der Waals surface area (Å²) < 4.78 is 0. The summed E-state index contributed by atoms with van der Waals surface area (Å²) >= 11 is 0. The Hall–Kier alpha value is -1.55. The van der Waals surface area contributed by atoms with E-state index in [2.05, 4.69) is 5.32 Å². The predicted octanol–water partition coefficient (Wildman–Crippen LogP) is 1.67. The number of carbonyl (C=O) groups excluding carboxylic acids is 1. The Morgan fingerprint density at radius 3 is 2.56 bits per heavy atom. The summed E-state index contributed by atoms with van der Waals surface area (Å²) in [5, 5.41) is 22.0. The Morgan fingerprint density at radius 1 is 1.28 bits per heavy atom. The van der Waals surface area contributed by atoms with Gasteiger partial charge >= 0.3 is 0 Å². The molecule has 0 heterocycles. The fraction of sp³-hybridized carbons (Fsp3) is 0.500. The molecule has 0 spiro atoms. The van der Waals surface area contributed by atoms with Crippen molar-refractivity contribution >= 4 is 5.91 Å². The molecule has 18 heavy (non-hydrogen) atoms. The molecule has 0 saturated heterocycles. The lowest BCUT2D eigenvalue weighted by molar-refractivity contribution is 0.0544. The van der Waals surface area contributed by atoms with Gasteiger partial charge in [0, 0.05) is 5.56 Å². The topological polar surface area (TPSA) is 69.6 Å². The van der Waals surface area contributed by atoms with Crippen molar-refractivity contribution in [2.24, 2.45) is 5.92 Å². The number of carbonyl (C=O) groups is 1. The number of rotatable bonds is 2. The molecule has 1 unspecified atom stereocenters. The fourth-order valence-electron chi connectivity index (χ4n) is 2.47. The van der Waals surface area contributed by atoms with Crippen LogP contribution in [0.1, 0.15) is 36.5 Å². The number of benzene rings is 1. The predicted molar refractivity (Wildman–Crippen MR) is 68.4 cm³/mol. The number of aliphatic hydroxyl groups excluding tert-OH is 1. The third-order valence-corrected chi connectivity index (χ3v) is 3.61. The van der Waals surface area contributed by atoms with Crippen molar-refractivity contribution in [3.05, 3.63) is 29.8 Å². The first kappa shape index (κ1) is 12.9. The zero-order chi connectivity index (χ0) is 13.1. The molecule has 1 saturated carbocycles. The van der Waals surface area contributed by atoms with E-state index in [4.69, 9.17) is 0 Å². The lowest BCUT2D eigenvalue weighted by atomic mass is 9.83. The Bertz CT molecular complexity index is 406. The minimum atomic E-state index is -0.463. The van der Waals surface area contributed by atoms with E-state index in [0.717, 1.165) is 19.3 Å². The van der Waals surface area contributed by atoms with Gasteiger partial charge in [0.2, 0.25) is 0 Å². The van der Waals surface area contributed by atoms with Crippen LogP contribution in [0.5, 0.6) is 5.75 Å². The van der Waals surface area contributed by atoms with Crippen LogP contribution < -0.4 is 5.32 Å². The van der Waals surface area contributed by atoms with E-state index in [-0.39, 0.29) is 23.6 Å². The molecule has 0 bridgehead atoms. The van der Waals surface area contributed by atoms with Crippen molar-refractivity contribution in [3.63, 3.8) is 0 Å². The lowest BCUT2D eigenvalue weighted by Gasteiger charge is -2.34. The van der Waals surface area contributed by atoms with Gasteiger partial charge in [0.1, 0.15) is 5.75 Å². The number of hydrogen-bond acceptors (Lipinski definition) is 3. The molecular weight excluding hydrogens is 230 g/mol. The second-order valence-corrected chi connectivity index (χ2v) is 5.02. The SMILES string of the molecule is C[C@H]1CCC[C@H](O)C1NC(=O)c1ccc(O)cc1. The van der Waals surface area contributed by atoms with Crippen LogP contribution in [0.2, 0.25) is 0 Å². The summed E-state index contributed by atoms with van der Waals surface area (Å²) in [5.74, 6) is 0.222. The van der Waals surface area contributed by atoms with Crippen LogP contribution in [0.4, 0.5) is 0 Å². The van der Waals surface area contributed by atoms with Crippen molar-refractivity contribution in [2.45, 2.75) is 38.3 Å². The molecule has 3 N–H and O–H groups in total. The second kappa shape index (κ2) is 5.40. The van der Waals surface area contributed by atoms with Crippen molar-refractivity contribution in [3.8, 4) is 5.75 Å². The maximum Gasteiger partial charge on any atom is 0.251 e. The maximum absolute atomic E-state index is 12.0. The van der Waals surface area contributed by atoms with Crippen LogP contribution in [0.3, 0.4) is 0 Å². The van der Waals surface area contributed by atoms with Gasteiger partial charge in [-0.15, -0.1) is 0 Å². The van der Waals surface area contributed by atoms with E-state index < -0.39 is 6.10 Å². The lowest BCUT2D eigenvalue weighted by Crippen LogP contribution is -2.49. The Balaban J connectivity index is 2.04. The van der Waals surface area contributed by atoms with Crippen LogP contribution in [-0.2, 0) is 0 Å². The molecule has 4 heteroatoms. The van der Waals surface area contributed by atoms with E-state index in [1.807, 2.05) is 6.92 Å². The molecule has 1 aromatic rings. The molecule has 1 fully saturated rings. The van der Waals surface area contributed by atoms with Gasteiger partial charge < -0.3 is 15.5 Å². The van der Waals surface area contributed by atoms with Crippen molar-refractivity contribution in [1.29, 1.82) is 0 Å². The van der Waals surface area contributed by atoms with Gasteiger partial charge in [-0.25, -0.2) is 0 Å². The van der Waals surface area contributed by atoms with E-state index in [1.54, 1.807) is 12.1 Å². The van der Waals surface area contributed by atoms with Crippen LogP contribution in [0.15, 0.2) is 24.3 Å². The number of amides is 1. The number of aliphatic hydroxyl groups is 1. The quantitative estimate of drug-likeness (QED) is 0.746. The monoisotopic (exact) mass is 249 g/mol. The first-order valence-corrected chi connectivity index (χ1v) is 6.36. The average molecular weight is 249 g/mol. The smallest absolute Gasteiger partial charge is 0.251 e. The fourth-order valence-corrected chi connectivity index (χ4v) is 2.47. The highest BCUT2D eigenvalue weighted by Gasteiger charge is 2.30. The number of aromatic hydroxyl groups is 1. The van der Waals surface area contributed by atoms with E-state index >= 15 is 0 Å². The van der Waals surface area contributed by atoms with Crippen LogP contribution in [0.25, 0.3) is 0 Å². The number of nitrogens with one attached hydrogen (secondary N) is 1. The molecule has 0 aliphatic heterocycles. The molecule has 2 rings (SSSR count). The molecular formula is C14H19NO3. The minimum absolute atomic E-state index is 0.137. The highest BCUT2D eigenvalue weighted by Crippen LogP contribution is 2.24. The highest BCUT2D eigenvalue weighted by molar-refractivity contribution is 5.94. The van der Waals surface area contributed by atoms with Gasteiger partial charge in [-0.05, 0) is 43.0 Å². The van der Waals surface area contributed by atoms with Crippen molar-refractivity contribution in [1.82, 2.24) is 5.32 Å². The number of hydrogen-bond donors (Lipinski definition) is 3. The molecule has 1 aromatic carbocycles. The number of phenolic OH excluding ortho intramolecular Hbond substituents is 1. The van der Waals surface area contributed by atoms with Gasteiger partial charge in [0.25, 0.3) is 5.91 Å². The number of phenols is 1. The maximum atomic E-state index is 12.0. The first-order valence-electron chi connectivity index (χ1n) is 6.36. The molecule has 3 atom stereocenters. The third kappa shape index (κ3) is 2.82. The largest absolute Gasteiger partial charge is 0.508 e. The first-order chi connectivity index (χ1) is 8.58. The molecule has 1 aliphatic carbocycles. The van der Waals surface area contributed by atoms with E-state index in [1.165, 1.54) is 12.1 Å². The summed E-state index contributed by atoms with van der Waals surface area (Å²) in [6.45, 7) is 2.05.